The van der Waals surface area contributed by atoms with Crippen LogP contribution in [-0.4, -0.2) is 18.9 Å². The van der Waals surface area contributed by atoms with Gasteiger partial charge in [0.25, 0.3) is 0 Å². The van der Waals surface area contributed by atoms with Gasteiger partial charge < -0.3 is 5.32 Å². The first kappa shape index (κ1) is 13.0. The maximum Gasteiger partial charge on any atom is 0.140 e. The maximum atomic E-state index is 12.7. The summed E-state index contributed by atoms with van der Waals surface area (Å²) in [6, 6.07) is 14.7. The van der Waals surface area contributed by atoms with Crippen LogP contribution >= 0.6 is 0 Å². The maximum absolute atomic E-state index is 12.7. The number of Topliss-reactive ketones (excluding diaryl/α,β-unsaturated/α-hetero) is 1. The fourth-order valence-electron chi connectivity index (χ4n) is 4.04. The molecule has 0 aromatic heterocycles. The fraction of sp³-hybridized carbons (Fsp3) is 0.421. The molecule has 2 aromatic rings. The van der Waals surface area contributed by atoms with E-state index in [-0.39, 0.29) is 0 Å². The molecule has 1 aliphatic heterocycles. The van der Waals surface area contributed by atoms with E-state index < -0.39 is 0 Å². The lowest BCUT2D eigenvalue weighted by atomic mass is 9.89. The van der Waals surface area contributed by atoms with E-state index in [1.807, 2.05) is 0 Å². The van der Waals surface area contributed by atoms with E-state index in [9.17, 15) is 4.79 Å². The van der Waals surface area contributed by atoms with E-state index in [2.05, 4.69) is 47.8 Å². The minimum atomic E-state index is 0.318. The third-order valence-electron chi connectivity index (χ3n) is 5.42. The Morgan fingerprint density at radius 1 is 1.10 bits per heavy atom. The van der Waals surface area contributed by atoms with Crippen molar-refractivity contribution in [3.63, 3.8) is 0 Å². The van der Waals surface area contributed by atoms with Crippen molar-refractivity contribution in [1.82, 2.24) is 5.32 Å². The van der Waals surface area contributed by atoms with Crippen LogP contribution in [0.3, 0.4) is 0 Å². The van der Waals surface area contributed by atoms with Gasteiger partial charge >= 0.3 is 0 Å². The zero-order valence-corrected chi connectivity index (χ0v) is 12.3. The average molecular weight is 279 g/mol. The van der Waals surface area contributed by atoms with E-state index in [4.69, 9.17) is 0 Å². The topological polar surface area (TPSA) is 29.1 Å². The summed E-state index contributed by atoms with van der Waals surface area (Å²) in [6.07, 6.45) is 4.08. The molecule has 1 saturated heterocycles. The number of benzene rings is 2. The van der Waals surface area contributed by atoms with Crippen LogP contribution in [0.15, 0.2) is 42.5 Å². The second kappa shape index (κ2) is 4.96. The highest BCUT2D eigenvalue weighted by Gasteiger charge is 2.56. The molecule has 108 valence electrons. The molecule has 0 radical (unpaired) electrons. The normalized spacial score (nSPS) is 23.3. The summed E-state index contributed by atoms with van der Waals surface area (Å²) in [6.45, 7) is 2.16. The van der Waals surface area contributed by atoms with Crippen LogP contribution in [0.1, 0.15) is 24.8 Å². The van der Waals surface area contributed by atoms with E-state index in [1.54, 1.807) is 0 Å². The molecule has 2 heteroatoms. The Balaban J connectivity index is 1.54. The lowest BCUT2D eigenvalue weighted by Gasteiger charge is -2.23. The van der Waals surface area contributed by atoms with Gasteiger partial charge in [-0.1, -0.05) is 42.5 Å². The number of piperidine rings is 1. The molecule has 2 fully saturated rings. The van der Waals surface area contributed by atoms with Crippen LogP contribution in [0, 0.1) is 11.3 Å². The first-order valence-corrected chi connectivity index (χ1v) is 7.99. The van der Waals surface area contributed by atoms with Crippen LogP contribution in [0.4, 0.5) is 0 Å². The Kier molecular flexibility index (Phi) is 3.07. The van der Waals surface area contributed by atoms with Gasteiger partial charge in [0.05, 0.1) is 0 Å². The lowest BCUT2D eigenvalue weighted by molar-refractivity contribution is -0.120. The van der Waals surface area contributed by atoms with Crippen molar-refractivity contribution in [2.45, 2.75) is 25.7 Å². The van der Waals surface area contributed by atoms with Crippen LogP contribution < -0.4 is 5.32 Å². The van der Waals surface area contributed by atoms with Crippen LogP contribution in [0.5, 0.6) is 0 Å². The molecular formula is C19H21NO. The molecule has 1 aliphatic carbocycles. The van der Waals surface area contributed by atoms with Gasteiger partial charge in [-0.3, -0.25) is 4.79 Å². The minimum Gasteiger partial charge on any atom is -0.317 e. The smallest absolute Gasteiger partial charge is 0.140 e. The van der Waals surface area contributed by atoms with Crippen LogP contribution in [-0.2, 0) is 11.2 Å². The monoisotopic (exact) mass is 279 g/mol. The molecule has 0 bridgehead atoms. The Hall–Kier alpha value is -1.67. The third-order valence-corrected chi connectivity index (χ3v) is 5.42. The quantitative estimate of drug-likeness (QED) is 0.933. The number of carbonyl (C=O) groups is 1. The number of hydrogen-bond donors (Lipinski definition) is 1. The van der Waals surface area contributed by atoms with Gasteiger partial charge in [-0.15, -0.1) is 0 Å². The van der Waals surface area contributed by atoms with Gasteiger partial charge in [0, 0.05) is 12.3 Å². The van der Waals surface area contributed by atoms with Gasteiger partial charge in [0.15, 0.2) is 0 Å². The number of ketones is 1. The van der Waals surface area contributed by atoms with E-state index >= 15 is 0 Å². The van der Waals surface area contributed by atoms with Gasteiger partial charge in [0.2, 0.25) is 0 Å². The number of nitrogens with one attached hydrogen (secondary N) is 1. The summed E-state index contributed by atoms with van der Waals surface area (Å²) in [5, 5.41) is 5.86. The summed E-state index contributed by atoms with van der Waals surface area (Å²) in [7, 11) is 0. The second-order valence-corrected chi connectivity index (χ2v) is 6.65. The molecule has 1 heterocycles. The van der Waals surface area contributed by atoms with Crippen molar-refractivity contribution in [3.05, 3.63) is 48.0 Å². The highest BCUT2D eigenvalue weighted by Crippen LogP contribution is 2.59. The molecule has 4 rings (SSSR count). The molecule has 2 aromatic carbocycles. The van der Waals surface area contributed by atoms with Gasteiger partial charge in [-0.25, -0.2) is 0 Å². The Labute approximate surface area is 125 Å². The van der Waals surface area contributed by atoms with Crippen molar-refractivity contribution in [3.8, 4) is 0 Å². The molecule has 1 N–H and O–H groups in total. The summed E-state index contributed by atoms with van der Waals surface area (Å²) < 4.78 is 0. The first-order chi connectivity index (χ1) is 10.3. The summed E-state index contributed by atoms with van der Waals surface area (Å²) >= 11 is 0. The van der Waals surface area contributed by atoms with Crippen molar-refractivity contribution in [1.29, 1.82) is 0 Å². The van der Waals surface area contributed by atoms with Crippen molar-refractivity contribution < 1.29 is 4.79 Å². The fourth-order valence-corrected chi connectivity index (χ4v) is 4.04. The second-order valence-electron chi connectivity index (χ2n) is 6.65. The Bertz CT molecular complexity index is 680. The SMILES string of the molecule is O=C(Cc1cccc2ccccc12)C1CC12CCNCC2. The molecule has 1 unspecified atom stereocenters. The number of hydrogen-bond acceptors (Lipinski definition) is 2. The highest BCUT2D eigenvalue weighted by atomic mass is 16.1. The van der Waals surface area contributed by atoms with Gasteiger partial charge in [-0.05, 0) is 54.1 Å². The Morgan fingerprint density at radius 3 is 2.71 bits per heavy atom. The van der Waals surface area contributed by atoms with Gasteiger partial charge in [0.1, 0.15) is 5.78 Å². The molecule has 0 amide bonds. The molecule has 1 atom stereocenters. The third kappa shape index (κ3) is 2.28. The summed E-state index contributed by atoms with van der Waals surface area (Å²) in [4.78, 5) is 12.7. The van der Waals surface area contributed by atoms with E-state index in [1.165, 1.54) is 29.2 Å². The van der Waals surface area contributed by atoms with Crippen molar-refractivity contribution in [2.75, 3.05) is 13.1 Å². The molecule has 21 heavy (non-hydrogen) atoms. The van der Waals surface area contributed by atoms with Crippen LogP contribution in [0.25, 0.3) is 10.8 Å². The zero-order chi connectivity index (χ0) is 14.3. The summed E-state index contributed by atoms with van der Waals surface area (Å²) in [5.41, 5.74) is 1.54. The lowest BCUT2D eigenvalue weighted by Crippen LogP contribution is -2.31. The zero-order valence-electron chi connectivity index (χ0n) is 12.3. The van der Waals surface area contributed by atoms with Crippen molar-refractivity contribution >= 4 is 16.6 Å². The molecule has 2 nitrogen and oxygen atoms in total. The van der Waals surface area contributed by atoms with Crippen LogP contribution in [0.2, 0.25) is 0 Å². The number of rotatable bonds is 3. The van der Waals surface area contributed by atoms with E-state index in [0.29, 0.717) is 23.5 Å². The van der Waals surface area contributed by atoms with Gasteiger partial charge in [-0.2, -0.15) is 0 Å². The number of fused-ring (bicyclic) bond motifs is 1. The van der Waals surface area contributed by atoms with E-state index in [0.717, 1.165) is 19.5 Å². The first-order valence-electron chi connectivity index (χ1n) is 7.99. The highest BCUT2D eigenvalue weighted by molar-refractivity contribution is 5.93. The molecule has 1 saturated carbocycles. The summed E-state index contributed by atoms with van der Waals surface area (Å²) in [5.74, 6) is 0.770. The predicted octanol–water partition coefficient (Wildman–Crippen LogP) is 3.34. The minimum absolute atomic E-state index is 0.318. The standard InChI is InChI=1S/C19H21NO/c21-18(17-13-19(17)8-10-20-11-9-19)12-15-6-3-5-14-4-1-2-7-16(14)15/h1-7,17,20H,8-13H2. The Morgan fingerprint density at radius 2 is 1.86 bits per heavy atom. The molecular weight excluding hydrogens is 258 g/mol. The molecule has 2 aliphatic rings. The number of carbonyl (C=O) groups excluding carboxylic acids is 1. The average Bonchev–Trinajstić information content (AvgIpc) is 3.22. The largest absolute Gasteiger partial charge is 0.317 e. The van der Waals surface area contributed by atoms with Crippen molar-refractivity contribution in [2.24, 2.45) is 11.3 Å². The molecule has 1 spiro atoms. The predicted molar refractivity (Wildman–Crippen MR) is 85.3 cm³/mol.